The van der Waals surface area contributed by atoms with Crippen LogP contribution in [0.3, 0.4) is 0 Å². The van der Waals surface area contributed by atoms with Gasteiger partial charge in [-0.15, -0.1) is 155 Å². The van der Waals surface area contributed by atoms with E-state index in [1.165, 1.54) is 4.70 Å². The van der Waals surface area contributed by atoms with Gasteiger partial charge in [-0.25, -0.2) is 0 Å². The Morgan fingerprint density at radius 3 is 1.22 bits per heavy atom. The van der Waals surface area contributed by atoms with Gasteiger partial charge in [-0.3, -0.25) is 15.0 Å². The van der Waals surface area contributed by atoms with Crippen LogP contribution >= 0.6 is 34.0 Å². The summed E-state index contributed by atoms with van der Waals surface area (Å²) in [6.07, 6.45) is 15.7. The zero-order valence-corrected chi connectivity index (χ0v) is 77.2. The molecule has 0 bridgehead atoms. The number of hydrogen-bond acceptors (Lipinski definition) is 14. The maximum absolute atomic E-state index is 5.83. The normalized spacial score (nSPS) is 11.4. The average Bonchev–Trinajstić information content (AvgIpc) is 1.59. The third-order valence-electron chi connectivity index (χ3n) is 22.7. The molecule has 14 nitrogen and oxygen atoms in total. The van der Waals surface area contributed by atoms with Crippen LogP contribution in [0.25, 0.3) is 235 Å². The quantitative estimate of drug-likeness (QED) is 0.0954. The van der Waals surface area contributed by atoms with Crippen molar-refractivity contribution in [3.63, 3.8) is 0 Å². The van der Waals surface area contributed by atoms with E-state index in [2.05, 4.69) is 253 Å². The van der Waals surface area contributed by atoms with Gasteiger partial charge < -0.3 is 50.7 Å². The Morgan fingerprint density at radius 1 is 0.246 bits per heavy atom. The van der Waals surface area contributed by atoms with Crippen molar-refractivity contribution in [2.45, 2.75) is 0 Å². The van der Waals surface area contributed by atoms with Crippen LogP contribution in [0.4, 0.5) is 0 Å². The second-order valence-electron chi connectivity index (χ2n) is 30.4. The molecular formula is C110H61N9O5Pt3S3. The molecule has 12 aromatic carbocycles. The van der Waals surface area contributed by atoms with Gasteiger partial charge in [0.1, 0.15) is 23.0 Å². The number of pyridine rings is 3. The van der Waals surface area contributed by atoms with E-state index in [0.29, 0.717) is 0 Å². The van der Waals surface area contributed by atoms with Crippen LogP contribution in [-0.2, 0) is 63.2 Å². The molecule has 0 aliphatic rings. The summed E-state index contributed by atoms with van der Waals surface area (Å²) in [5, 5.41) is 9.52. The molecule has 0 N–H and O–H groups in total. The first-order valence-corrected chi connectivity index (χ1v) is 43.5. The molecule has 0 radical (unpaired) electrons. The fourth-order valence-corrected chi connectivity index (χ4v) is 19.7. The van der Waals surface area contributed by atoms with E-state index < -0.39 is 0 Å². The van der Waals surface area contributed by atoms with Crippen molar-refractivity contribution in [2.75, 3.05) is 0 Å². The molecule has 26 aromatic rings. The number of nitrogens with zero attached hydrogens (tertiary/aromatic N) is 9. The second-order valence-corrected chi connectivity index (χ2v) is 33.5. The molecule has 20 heteroatoms. The van der Waals surface area contributed by atoms with Gasteiger partial charge in [-0.1, -0.05) is 107 Å². The Balaban J connectivity index is 0.000000117. The van der Waals surface area contributed by atoms with E-state index in [0.717, 1.165) is 230 Å². The van der Waals surface area contributed by atoms with Crippen molar-refractivity contribution >= 4 is 130 Å². The first-order valence-electron chi connectivity index (χ1n) is 41.1. The summed E-state index contributed by atoms with van der Waals surface area (Å²) in [4.78, 5) is 28.6. The second kappa shape index (κ2) is 35.3. The number of aromatic nitrogens is 9. The Kier molecular flexibility index (Phi) is 22.5. The fraction of sp³-hybridized carbons (Fsp3) is 0. The number of para-hydroxylation sites is 2. The molecule has 0 saturated heterocycles. The first kappa shape index (κ1) is 82.6. The van der Waals surface area contributed by atoms with Crippen molar-refractivity contribution < 1.29 is 85.3 Å². The van der Waals surface area contributed by atoms with Crippen LogP contribution in [0, 0.1) is 36.4 Å². The van der Waals surface area contributed by atoms with Gasteiger partial charge in [0, 0.05) is 86.5 Å². The number of rotatable bonds is 14. The van der Waals surface area contributed by atoms with Gasteiger partial charge in [-0.05, 0) is 218 Å². The zero-order chi connectivity index (χ0) is 83.8. The van der Waals surface area contributed by atoms with Gasteiger partial charge in [0.15, 0.2) is 0 Å². The molecule has 0 amide bonds. The minimum Gasteiger partial charge on any atom is -0.472 e. The minimum absolute atomic E-state index is 0. The molecule has 130 heavy (non-hydrogen) atoms. The van der Waals surface area contributed by atoms with Gasteiger partial charge in [0.25, 0.3) is 0 Å². The Bertz CT molecular complexity index is 8570. The first-order chi connectivity index (χ1) is 62.9. The van der Waals surface area contributed by atoms with E-state index in [1.54, 1.807) is 77.8 Å². The third-order valence-corrected chi connectivity index (χ3v) is 25.9. The van der Waals surface area contributed by atoms with E-state index in [1.807, 2.05) is 140 Å². The van der Waals surface area contributed by atoms with Gasteiger partial charge in [-0.2, -0.15) is 34.0 Å². The molecule has 0 unspecified atom stereocenters. The molecule has 0 aliphatic carbocycles. The molecule has 0 aliphatic heterocycles. The molecule has 0 spiro atoms. The van der Waals surface area contributed by atoms with Crippen LogP contribution in [0.5, 0.6) is 0 Å². The number of fused-ring (bicyclic) bond motifs is 12. The Hall–Kier alpha value is -14.4. The van der Waals surface area contributed by atoms with Crippen LogP contribution < -0.4 is 0 Å². The third kappa shape index (κ3) is 15.4. The summed E-state index contributed by atoms with van der Waals surface area (Å²) in [5.41, 5.74) is 26.2. The van der Waals surface area contributed by atoms with Crippen LogP contribution in [0.15, 0.2) is 394 Å². The molecule has 0 saturated carbocycles. The van der Waals surface area contributed by atoms with E-state index in [-0.39, 0.29) is 63.2 Å². The summed E-state index contributed by atoms with van der Waals surface area (Å²) >= 11 is 5.01. The van der Waals surface area contributed by atoms with Gasteiger partial charge in [0.2, 0.25) is 0 Å². The van der Waals surface area contributed by atoms with E-state index >= 15 is 0 Å². The van der Waals surface area contributed by atoms with Crippen molar-refractivity contribution in [1.29, 1.82) is 0 Å². The zero-order valence-electron chi connectivity index (χ0n) is 68.0. The topological polar surface area (TPSA) is 158 Å². The summed E-state index contributed by atoms with van der Waals surface area (Å²) < 4.78 is 38.3. The fourth-order valence-electron chi connectivity index (χ4n) is 16.8. The molecule has 0 fully saturated rings. The SMILES string of the molecule is [Pt+2].[Pt+2].[Pt+2].[c-]1c(-c2ccccn2)cc(-c2ccco2)cc1-n1c2[c-]c(-c3nc4ccc(-c5ccco5)cc4s3)ccc2c2ccccc21.[c-]1c(-c2ccccn2)cccc1-n1c2[c-]c(-c3nc4cc(-c5ccco5)ccc4s3)ccc2c2cc(-c3ccco3)ccc21.[c-]1c(-c2ccccn2)cccc1-n1c2[c-]c(-c3nc4ccccc4s3)ccc2c2cc(-c3ccoc3)ccc21. The van der Waals surface area contributed by atoms with Crippen molar-refractivity contribution in [1.82, 2.24) is 43.6 Å². The predicted octanol–water partition coefficient (Wildman–Crippen LogP) is 29.5. The number of benzene rings is 12. The molecule has 26 rings (SSSR count). The standard InChI is InChI=1S/2C38H21N3O2S.C34H19N3OS.3Pt/c1-2-17-39-31(8-1)24-6-3-7-28(20-24)41-33-15-12-25(35-9-4-18-42-35)21-30(33)29-14-11-27(23-34(29)41)38-40-32-22-26(13-16-37(32)44-38)36-10-5-19-43-36;1-2-9-33-29(7-1)30-14-12-25(38-40-32-15-13-24(23-37(32)44-38)35-10-5-17-42-35)22-34(30)41(33)28-20-26(31-8-3-4-16-39-31)19-27(21-28)36-11-6-18-43-36;1-2-10-33-30(9-1)36-34(39-33)24-11-13-27-28-19-22(25-15-17-38-21-25)12-14-31(28)37(32(27)20-24)26-7-5-6-23(18-26)29-8-3-4-16-35-29;;;/h1-19,21-22H;1-19,21,23H;1-17,19,21H;;;/q3*-2;3*+2. The summed E-state index contributed by atoms with van der Waals surface area (Å²) in [6, 6.07) is 129. The van der Waals surface area contributed by atoms with Gasteiger partial charge in [0.05, 0.1) is 54.1 Å². The Labute approximate surface area is 798 Å². The number of furan rings is 5. The molecule has 624 valence electrons. The molecule has 0 atom stereocenters. The monoisotopic (exact) mass is 2270 g/mol. The van der Waals surface area contributed by atoms with E-state index in [4.69, 9.17) is 37.0 Å². The number of thiazole rings is 3. The molecular weight excluding hydrogens is 2210 g/mol. The summed E-state index contributed by atoms with van der Waals surface area (Å²) in [5.74, 6) is 3.29. The molecule has 14 heterocycles. The van der Waals surface area contributed by atoms with Crippen molar-refractivity contribution in [3.8, 4) is 139 Å². The predicted molar refractivity (Wildman–Crippen MR) is 509 cm³/mol. The maximum Gasteiger partial charge on any atom is 2.00 e. The van der Waals surface area contributed by atoms with Crippen LogP contribution in [0.1, 0.15) is 0 Å². The largest absolute Gasteiger partial charge is 2.00 e. The van der Waals surface area contributed by atoms with Gasteiger partial charge >= 0.3 is 63.2 Å². The smallest absolute Gasteiger partial charge is 0.472 e. The Morgan fingerprint density at radius 2 is 0.685 bits per heavy atom. The minimum atomic E-state index is 0. The average molecular weight is 2270 g/mol. The van der Waals surface area contributed by atoms with Crippen molar-refractivity contribution in [2.24, 2.45) is 0 Å². The molecule has 14 aromatic heterocycles. The maximum atomic E-state index is 5.83. The van der Waals surface area contributed by atoms with Crippen LogP contribution in [-0.4, -0.2) is 43.6 Å². The van der Waals surface area contributed by atoms with Crippen LogP contribution in [0.2, 0.25) is 0 Å². The van der Waals surface area contributed by atoms with Crippen molar-refractivity contribution in [3.05, 3.63) is 408 Å². The van der Waals surface area contributed by atoms with E-state index in [9.17, 15) is 0 Å². The number of hydrogen-bond donors (Lipinski definition) is 0. The summed E-state index contributed by atoms with van der Waals surface area (Å²) in [6.45, 7) is 0. The summed E-state index contributed by atoms with van der Waals surface area (Å²) in [7, 11) is 0.